The molecular weight excluding hydrogens is 316 g/mol. The molecule has 5 nitrogen and oxygen atoms in total. The van der Waals surface area contributed by atoms with Crippen LogP contribution in [-0.2, 0) is 9.94 Å². The van der Waals surface area contributed by atoms with Crippen LogP contribution in [0.5, 0.6) is 5.75 Å². The Morgan fingerprint density at radius 3 is 2.20 bits per heavy atom. The molecule has 0 aliphatic carbocycles. The summed E-state index contributed by atoms with van der Waals surface area (Å²) in [5, 5.41) is 17.5. The Labute approximate surface area is 151 Å². The number of hydrogen-bond donors (Lipinski definition) is 1. The van der Waals surface area contributed by atoms with Gasteiger partial charge in [0, 0.05) is 29.9 Å². The minimum atomic E-state index is -0.397. The maximum atomic E-state index is 12.6. The lowest BCUT2D eigenvalue weighted by atomic mass is 9.79. The summed E-state index contributed by atoms with van der Waals surface area (Å²) in [5.41, 5.74) is 1.32. The van der Waals surface area contributed by atoms with Crippen molar-refractivity contribution >= 4 is 5.70 Å². The zero-order chi connectivity index (χ0) is 18.7. The number of methoxy groups -OCH3 is 2. The molecule has 0 unspecified atom stereocenters. The molecule has 0 saturated carbocycles. The first-order chi connectivity index (χ1) is 11.7. The molecule has 1 heterocycles. The van der Waals surface area contributed by atoms with Crippen molar-refractivity contribution in [2.24, 2.45) is 0 Å². The van der Waals surface area contributed by atoms with Crippen LogP contribution in [0.15, 0.2) is 30.3 Å². The van der Waals surface area contributed by atoms with E-state index in [9.17, 15) is 5.21 Å². The lowest BCUT2D eigenvalue weighted by molar-refractivity contribution is -0.289. The van der Waals surface area contributed by atoms with E-state index >= 15 is 0 Å². The lowest BCUT2D eigenvalue weighted by Crippen LogP contribution is -2.61. The molecule has 5 heteroatoms. The summed E-state index contributed by atoms with van der Waals surface area (Å²) in [6.07, 6.45) is 3.63. The second-order valence-corrected chi connectivity index (χ2v) is 7.97. The predicted octanol–water partition coefficient (Wildman–Crippen LogP) is 3.64. The van der Waals surface area contributed by atoms with Crippen molar-refractivity contribution in [3.8, 4) is 5.75 Å². The number of hydrogen-bond acceptors (Lipinski definition) is 4. The van der Waals surface area contributed by atoms with Gasteiger partial charge in [0.2, 0.25) is 0 Å². The number of hydroxylamine groups is 2. The normalized spacial score (nSPS) is 21.2. The minimum Gasteiger partial charge on any atom is -0.497 e. The molecule has 1 aliphatic rings. The first kappa shape index (κ1) is 19.8. The third kappa shape index (κ3) is 4.75. The van der Waals surface area contributed by atoms with Crippen molar-refractivity contribution < 1.29 is 14.7 Å². The Balaban J connectivity index is 2.22. The van der Waals surface area contributed by atoms with Gasteiger partial charge >= 0.3 is 0 Å². The fraction of sp³-hybridized carbons (Fsp3) is 0.600. The average molecular weight is 347 g/mol. The van der Waals surface area contributed by atoms with Gasteiger partial charge in [-0.25, -0.2) is 0 Å². The molecule has 1 aliphatic heterocycles. The number of ether oxygens (including phenoxy) is 2. The Bertz CT molecular complexity index is 575. The van der Waals surface area contributed by atoms with Crippen LogP contribution >= 0.6 is 0 Å². The minimum absolute atomic E-state index is 0.223. The van der Waals surface area contributed by atoms with E-state index in [2.05, 4.69) is 5.32 Å². The Hall–Kier alpha value is -1.56. The third-order valence-corrected chi connectivity index (χ3v) is 4.81. The molecule has 1 aromatic carbocycles. The van der Waals surface area contributed by atoms with Crippen LogP contribution in [0.2, 0.25) is 0 Å². The van der Waals surface area contributed by atoms with Crippen molar-refractivity contribution in [2.45, 2.75) is 57.7 Å². The second-order valence-electron chi connectivity index (χ2n) is 7.97. The first-order valence-electron chi connectivity index (χ1n) is 8.77. The average Bonchev–Trinajstić information content (AvgIpc) is 2.56. The number of rotatable bonds is 6. The van der Waals surface area contributed by atoms with Gasteiger partial charge in [0.15, 0.2) is 0 Å². The van der Waals surface area contributed by atoms with Crippen LogP contribution < -0.4 is 10.1 Å². The Morgan fingerprint density at radius 2 is 1.72 bits per heavy atom. The van der Waals surface area contributed by atoms with E-state index in [4.69, 9.17) is 9.47 Å². The third-order valence-electron chi connectivity index (χ3n) is 4.81. The van der Waals surface area contributed by atoms with Crippen LogP contribution in [0.4, 0.5) is 0 Å². The van der Waals surface area contributed by atoms with Crippen LogP contribution in [0.25, 0.3) is 5.70 Å². The topological polar surface area (TPSA) is 53.6 Å². The molecule has 25 heavy (non-hydrogen) atoms. The van der Waals surface area contributed by atoms with Crippen LogP contribution in [0.3, 0.4) is 0 Å². The van der Waals surface area contributed by atoms with E-state index in [-0.39, 0.29) is 6.04 Å². The van der Waals surface area contributed by atoms with Crippen LogP contribution in [-0.4, -0.2) is 43.0 Å². The van der Waals surface area contributed by atoms with E-state index in [1.54, 1.807) is 14.2 Å². The second kappa shape index (κ2) is 7.77. The maximum absolute atomic E-state index is 12.6. The molecule has 0 bridgehead atoms. The standard InChI is InChI=1S/C20H31N2O3/c1-19(2)13-16(14-20(3,4)22(19)23)21-18(11-12-24-5)15-7-9-17(25-6)10-8-15/h7-11,16,21H,12-14H2,1-6H3/b18-11-. The predicted molar refractivity (Wildman–Crippen MR) is 99.7 cm³/mol. The van der Waals surface area contributed by atoms with Gasteiger partial charge in [-0.2, -0.15) is 0 Å². The van der Waals surface area contributed by atoms with Gasteiger partial charge in [0.1, 0.15) is 5.75 Å². The van der Waals surface area contributed by atoms with Crippen molar-refractivity contribution in [1.82, 2.24) is 10.4 Å². The molecule has 1 fully saturated rings. The van der Waals surface area contributed by atoms with E-state index in [1.165, 1.54) is 5.06 Å². The van der Waals surface area contributed by atoms with Gasteiger partial charge < -0.3 is 14.8 Å². The number of nitrogens with one attached hydrogen (secondary N) is 1. The number of benzene rings is 1. The monoisotopic (exact) mass is 347 g/mol. The molecular formula is C20H31N2O3. The molecule has 1 saturated heterocycles. The van der Waals surface area contributed by atoms with E-state index in [0.29, 0.717) is 6.61 Å². The number of nitrogens with zero attached hydrogens (tertiary/aromatic N) is 1. The molecule has 0 amide bonds. The van der Waals surface area contributed by atoms with Crippen molar-refractivity contribution in [1.29, 1.82) is 0 Å². The highest BCUT2D eigenvalue weighted by Crippen LogP contribution is 2.37. The summed E-state index contributed by atoms with van der Waals surface area (Å²) in [4.78, 5) is 0. The Kier molecular flexibility index (Phi) is 6.14. The summed E-state index contributed by atoms with van der Waals surface area (Å²) in [5.74, 6) is 0.830. The molecule has 0 aromatic heterocycles. The fourth-order valence-electron chi connectivity index (χ4n) is 3.78. The van der Waals surface area contributed by atoms with Crippen LogP contribution in [0, 0.1) is 0 Å². The highest BCUT2D eigenvalue weighted by atomic mass is 16.5. The smallest absolute Gasteiger partial charge is 0.118 e. The maximum Gasteiger partial charge on any atom is 0.118 e. The molecule has 1 N–H and O–H groups in total. The molecule has 139 valence electrons. The zero-order valence-electron chi connectivity index (χ0n) is 16.3. The molecule has 1 radical (unpaired) electrons. The van der Waals surface area contributed by atoms with Gasteiger partial charge in [-0.05, 0) is 76.4 Å². The fourth-order valence-corrected chi connectivity index (χ4v) is 3.78. The van der Waals surface area contributed by atoms with Gasteiger partial charge in [-0.15, -0.1) is 10.3 Å². The molecule has 0 atom stereocenters. The van der Waals surface area contributed by atoms with Crippen molar-refractivity contribution in [3.05, 3.63) is 35.9 Å². The zero-order valence-corrected chi connectivity index (χ0v) is 16.3. The molecule has 1 aromatic rings. The van der Waals surface area contributed by atoms with Crippen LogP contribution in [0.1, 0.15) is 46.1 Å². The Morgan fingerprint density at radius 1 is 1.16 bits per heavy atom. The van der Waals surface area contributed by atoms with Gasteiger partial charge in [0.25, 0.3) is 0 Å². The number of piperidine rings is 1. The summed E-state index contributed by atoms with van der Waals surface area (Å²) in [6, 6.07) is 8.19. The van der Waals surface area contributed by atoms with Gasteiger partial charge in [-0.1, -0.05) is 0 Å². The summed E-state index contributed by atoms with van der Waals surface area (Å²) < 4.78 is 10.5. The van der Waals surface area contributed by atoms with E-state index in [0.717, 1.165) is 29.9 Å². The van der Waals surface area contributed by atoms with Crippen molar-refractivity contribution in [3.63, 3.8) is 0 Å². The van der Waals surface area contributed by atoms with E-state index in [1.807, 2.05) is 58.0 Å². The highest BCUT2D eigenvalue weighted by Gasteiger charge is 2.46. The molecule has 2 rings (SSSR count). The van der Waals surface area contributed by atoms with Gasteiger partial charge in [0.05, 0.1) is 13.7 Å². The van der Waals surface area contributed by atoms with Gasteiger partial charge in [-0.3, -0.25) is 0 Å². The first-order valence-corrected chi connectivity index (χ1v) is 8.77. The summed E-state index contributed by atoms with van der Waals surface area (Å²) in [7, 11) is 3.35. The lowest BCUT2D eigenvalue weighted by Gasteiger charge is -2.50. The summed E-state index contributed by atoms with van der Waals surface area (Å²) >= 11 is 0. The highest BCUT2D eigenvalue weighted by molar-refractivity contribution is 5.65. The van der Waals surface area contributed by atoms with E-state index < -0.39 is 11.1 Å². The largest absolute Gasteiger partial charge is 0.497 e. The van der Waals surface area contributed by atoms with Crippen molar-refractivity contribution in [2.75, 3.05) is 20.8 Å². The SMILES string of the molecule is COC/C=C(\NC1CC(C)(C)N([O])C(C)(C)C1)c1ccc(OC)cc1. The summed E-state index contributed by atoms with van der Waals surface area (Å²) in [6.45, 7) is 8.59. The molecule has 0 spiro atoms. The quantitative estimate of drug-likeness (QED) is 0.854.